The molecule has 30 heavy (non-hydrogen) atoms. The first kappa shape index (κ1) is 19.6. The Balaban J connectivity index is 1.36. The molecule has 0 unspecified atom stereocenters. The number of amides is 1. The highest BCUT2D eigenvalue weighted by molar-refractivity contribution is 6.03. The number of nitrogens with one attached hydrogen (secondary N) is 3. The molecule has 4 rings (SSSR count). The summed E-state index contributed by atoms with van der Waals surface area (Å²) in [7, 11) is 0. The fourth-order valence-electron chi connectivity index (χ4n) is 3.76. The zero-order chi connectivity index (χ0) is 21.1. The summed E-state index contributed by atoms with van der Waals surface area (Å²) in [6, 6.07) is 12.4. The van der Waals surface area contributed by atoms with E-state index in [1.165, 1.54) is 22.7 Å². The minimum atomic E-state index is -0.261. The van der Waals surface area contributed by atoms with Gasteiger partial charge in [0.05, 0.1) is 12.4 Å². The number of carbonyl (C=O) groups is 1. The van der Waals surface area contributed by atoms with Crippen molar-refractivity contribution in [1.82, 2.24) is 15.0 Å². The number of H-pyrrole nitrogens is 1. The lowest BCUT2D eigenvalue weighted by molar-refractivity contribution is 0.102. The number of hydrogen-bond acceptors (Lipinski definition) is 4. The van der Waals surface area contributed by atoms with Crippen LogP contribution in [0.4, 0.5) is 11.5 Å². The number of anilines is 2. The van der Waals surface area contributed by atoms with Gasteiger partial charge in [-0.25, -0.2) is 9.97 Å². The fourth-order valence-corrected chi connectivity index (χ4v) is 3.76. The molecule has 0 saturated heterocycles. The first-order valence-electron chi connectivity index (χ1n) is 10.0. The number of hydrogen-bond donors (Lipinski definition) is 3. The van der Waals surface area contributed by atoms with Crippen LogP contribution in [-0.4, -0.2) is 27.4 Å². The summed E-state index contributed by atoms with van der Waals surface area (Å²) in [5.74, 6) is 0.386. The number of rotatable bonds is 6. The summed E-state index contributed by atoms with van der Waals surface area (Å²) in [6.45, 7) is 6.75. The molecule has 3 N–H and O–H groups in total. The van der Waals surface area contributed by atoms with Gasteiger partial charge in [0.1, 0.15) is 11.5 Å². The average Bonchev–Trinajstić information content (AvgIpc) is 3.14. The molecule has 6 heteroatoms. The van der Waals surface area contributed by atoms with Crippen LogP contribution >= 0.6 is 0 Å². The van der Waals surface area contributed by atoms with Gasteiger partial charge in [0.15, 0.2) is 0 Å². The molecule has 0 saturated carbocycles. The van der Waals surface area contributed by atoms with E-state index in [0.29, 0.717) is 5.82 Å². The van der Waals surface area contributed by atoms with Crippen molar-refractivity contribution in [3.8, 4) is 0 Å². The maximum atomic E-state index is 12.6. The highest BCUT2D eigenvalue weighted by Crippen LogP contribution is 2.22. The molecular weight excluding hydrogens is 374 g/mol. The van der Waals surface area contributed by atoms with Crippen LogP contribution in [0.2, 0.25) is 0 Å². The minimum absolute atomic E-state index is 0.261. The molecule has 4 aromatic rings. The Labute approximate surface area is 175 Å². The van der Waals surface area contributed by atoms with Crippen molar-refractivity contribution in [2.24, 2.45) is 0 Å². The van der Waals surface area contributed by atoms with E-state index in [1.807, 2.05) is 39.1 Å². The molecule has 2 heterocycles. The smallest absolute Gasteiger partial charge is 0.275 e. The second-order valence-corrected chi connectivity index (χ2v) is 7.55. The third-order valence-electron chi connectivity index (χ3n) is 5.18. The molecule has 2 aromatic heterocycles. The lowest BCUT2D eigenvalue weighted by atomic mass is 10.1. The SMILES string of the molecule is Cc1cc(C)c(NC(=O)c2cnc(NCCc3c[nH]c4ccccc34)cn2)c(C)c1. The van der Waals surface area contributed by atoms with Crippen molar-refractivity contribution in [2.75, 3.05) is 17.2 Å². The largest absolute Gasteiger partial charge is 0.368 e. The van der Waals surface area contributed by atoms with Crippen LogP contribution in [0.15, 0.2) is 55.0 Å². The van der Waals surface area contributed by atoms with Gasteiger partial charge in [0.25, 0.3) is 5.91 Å². The number of para-hydroxylation sites is 1. The Morgan fingerprint density at radius 3 is 2.53 bits per heavy atom. The zero-order valence-electron chi connectivity index (χ0n) is 17.4. The van der Waals surface area contributed by atoms with E-state index in [9.17, 15) is 4.79 Å². The van der Waals surface area contributed by atoms with Gasteiger partial charge in [-0.05, 0) is 49.9 Å². The van der Waals surface area contributed by atoms with E-state index in [2.05, 4.69) is 49.9 Å². The molecule has 0 spiro atoms. The van der Waals surface area contributed by atoms with E-state index in [1.54, 1.807) is 6.20 Å². The van der Waals surface area contributed by atoms with E-state index >= 15 is 0 Å². The molecule has 0 atom stereocenters. The number of aromatic amines is 1. The maximum Gasteiger partial charge on any atom is 0.275 e. The van der Waals surface area contributed by atoms with Crippen LogP contribution in [0.1, 0.15) is 32.7 Å². The predicted octanol–water partition coefficient (Wildman–Crippen LogP) is 4.79. The summed E-state index contributed by atoms with van der Waals surface area (Å²) in [5, 5.41) is 7.46. The van der Waals surface area contributed by atoms with Crippen molar-refractivity contribution in [3.63, 3.8) is 0 Å². The molecule has 152 valence electrons. The molecule has 0 aliphatic carbocycles. The Hall–Kier alpha value is -3.67. The fraction of sp³-hybridized carbons (Fsp3) is 0.208. The highest BCUT2D eigenvalue weighted by Gasteiger charge is 2.12. The van der Waals surface area contributed by atoms with Gasteiger partial charge < -0.3 is 15.6 Å². The van der Waals surface area contributed by atoms with Crippen LogP contribution in [0.3, 0.4) is 0 Å². The van der Waals surface area contributed by atoms with E-state index in [-0.39, 0.29) is 11.6 Å². The van der Waals surface area contributed by atoms with Gasteiger partial charge in [0.2, 0.25) is 0 Å². The van der Waals surface area contributed by atoms with Crippen LogP contribution in [-0.2, 0) is 6.42 Å². The summed E-state index contributed by atoms with van der Waals surface area (Å²) in [5.41, 5.74) is 6.75. The molecule has 0 aliphatic rings. The number of aromatic nitrogens is 3. The topological polar surface area (TPSA) is 82.7 Å². The van der Waals surface area contributed by atoms with Gasteiger partial charge in [0, 0.05) is 29.3 Å². The summed E-state index contributed by atoms with van der Waals surface area (Å²) < 4.78 is 0. The first-order valence-corrected chi connectivity index (χ1v) is 10.0. The van der Waals surface area contributed by atoms with Gasteiger partial charge in [-0.15, -0.1) is 0 Å². The van der Waals surface area contributed by atoms with Crippen molar-refractivity contribution >= 4 is 28.3 Å². The Morgan fingerprint density at radius 1 is 1.03 bits per heavy atom. The van der Waals surface area contributed by atoms with Crippen molar-refractivity contribution < 1.29 is 4.79 Å². The van der Waals surface area contributed by atoms with E-state index in [0.717, 1.165) is 35.3 Å². The third kappa shape index (κ3) is 4.17. The monoisotopic (exact) mass is 399 g/mol. The van der Waals surface area contributed by atoms with Crippen LogP contribution < -0.4 is 10.6 Å². The van der Waals surface area contributed by atoms with Crippen molar-refractivity contribution in [3.05, 3.63) is 82.9 Å². The molecule has 0 bridgehead atoms. The number of benzene rings is 2. The molecule has 6 nitrogen and oxygen atoms in total. The summed E-state index contributed by atoms with van der Waals surface area (Å²) >= 11 is 0. The lowest BCUT2D eigenvalue weighted by Gasteiger charge is -2.12. The predicted molar refractivity (Wildman–Crippen MR) is 121 cm³/mol. The van der Waals surface area contributed by atoms with E-state index < -0.39 is 0 Å². The van der Waals surface area contributed by atoms with Gasteiger partial charge in [-0.1, -0.05) is 35.9 Å². The maximum absolute atomic E-state index is 12.6. The summed E-state index contributed by atoms with van der Waals surface area (Å²) in [4.78, 5) is 24.5. The Morgan fingerprint density at radius 2 is 1.80 bits per heavy atom. The highest BCUT2D eigenvalue weighted by atomic mass is 16.1. The minimum Gasteiger partial charge on any atom is -0.368 e. The number of fused-ring (bicyclic) bond motifs is 1. The zero-order valence-corrected chi connectivity index (χ0v) is 17.4. The molecule has 0 aliphatic heterocycles. The number of nitrogens with zero attached hydrogens (tertiary/aromatic N) is 2. The van der Waals surface area contributed by atoms with E-state index in [4.69, 9.17) is 0 Å². The van der Waals surface area contributed by atoms with Gasteiger partial charge >= 0.3 is 0 Å². The van der Waals surface area contributed by atoms with Crippen molar-refractivity contribution in [2.45, 2.75) is 27.2 Å². The second kappa shape index (κ2) is 8.37. The first-order chi connectivity index (χ1) is 14.5. The van der Waals surface area contributed by atoms with Crippen LogP contribution in [0.5, 0.6) is 0 Å². The Bertz CT molecular complexity index is 1170. The lowest BCUT2D eigenvalue weighted by Crippen LogP contribution is -2.16. The molecule has 0 fully saturated rings. The standard InChI is InChI=1S/C24H25N5O/c1-15-10-16(2)23(17(3)11-15)29-24(30)21-13-28-22(14-27-21)25-9-8-18-12-26-20-7-5-4-6-19(18)20/h4-7,10-14,26H,8-9H2,1-3H3,(H,25,28)(H,29,30). The van der Waals surface area contributed by atoms with Crippen LogP contribution in [0, 0.1) is 20.8 Å². The van der Waals surface area contributed by atoms with Gasteiger partial charge in [-0.3, -0.25) is 4.79 Å². The number of carbonyl (C=O) groups excluding carboxylic acids is 1. The van der Waals surface area contributed by atoms with Gasteiger partial charge in [-0.2, -0.15) is 0 Å². The Kier molecular flexibility index (Phi) is 5.48. The second-order valence-electron chi connectivity index (χ2n) is 7.55. The molecular formula is C24H25N5O. The van der Waals surface area contributed by atoms with Crippen molar-refractivity contribution in [1.29, 1.82) is 0 Å². The normalized spacial score (nSPS) is 10.9. The average molecular weight is 399 g/mol. The molecule has 1 amide bonds. The molecule has 2 aromatic carbocycles. The third-order valence-corrected chi connectivity index (χ3v) is 5.18. The number of aryl methyl sites for hydroxylation is 3. The van der Waals surface area contributed by atoms with Crippen LogP contribution in [0.25, 0.3) is 10.9 Å². The quantitative estimate of drug-likeness (QED) is 0.435. The summed E-state index contributed by atoms with van der Waals surface area (Å²) in [6.07, 6.45) is 6.00. The molecule has 0 radical (unpaired) electrons.